The van der Waals surface area contributed by atoms with Gasteiger partial charge >= 0.3 is 5.82 Å². The fourth-order valence-electron chi connectivity index (χ4n) is 1.95. The summed E-state index contributed by atoms with van der Waals surface area (Å²) >= 11 is 5.66. The molecule has 1 heterocycles. The van der Waals surface area contributed by atoms with Gasteiger partial charge in [0.25, 0.3) is 0 Å². The van der Waals surface area contributed by atoms with Gasteiger partial charge in [-0.1, -0.05) is 18.5 Å². The third-order valence-corrected chi connectivity index (χ3v) is 3.53. The molecule has 0 bridgehead atoms. The lowest BCUT2D eigenvalue weighted by atomic mass is 10.1. The first kappa shape index (κ1) is 16.9. The van der Waals surface area contributed by atoms with E-state index in [1.165, 1.54) is 22.9 Å². The summed E-state index contributed by atoms with van der Waals surface area (Å²) in [6, 6.07) is 5.20. The zero-order valence-electron chi connectivity index (χ0n) is 12.4. The number of anilines is 1. The smallest absolute Gasteiger partial charge is 0.358 e. The van der Waals surface area contributed by atoms with Gasteiger partial charge < -0.3 is 15.4 Å². The number of nitro groups is 1. The minimum absolute atomic E-state index is 0.0889. The van der Waals surface area contributed by atoms with Crippen LogP contribution in [-0.2, 0) is 11.3 Å². The predicted molar refractivity (Wildman–Crippen MR) is 82.8 cm³/mol. The number of hydrogen-bond donors (Lipinski definition) is 1. The molecule has 0 aliphatic rings. The number of benzene rings is 1. The van der Waals surface area contributed by atoms with Crippen molar-refractivity contribution in [1.82, 2.24) is 9.78 Å². The quantitative estimate of drug-likeness (QED) is 0.668. The van der Waals surface area contributed by atoms with Gasteiger partial charge in [0.2, 0.25) is 5.91 Å². The lowest BCUT2D eigenvalue weighted by Crippen LogP contribution is -2.25. The maximum absolute atomic E-state index is 13.1. The lowest BCUT2D eigenvalue weighted by Gasteiger charge is -2.12. The van der Waals surface area contributed by atoms with Crippen LogP contribution < -0.4 is 5.32 Å². The second-order valence-corrected chi connectivity index (χ2v) is 5.51. The van der Waals surface area contributed by atoms with Gasteiger partial charge in [0.1, 0.15) is 5.82 Å². The van der Waals surface area contributed by atoms with E-state index in [-0.39, 0.29) is 23.3 Å². The average Bonchev–Trinajstić information content (AvgIpc) is 2.84. The molecule has 0 fully saturated rings. The first-order chi connectivity index (χ1) is 10.8. The number of carbonyl (C=O) groups excluding carboxylic acids is 1. The number of halogens is 2. The van der Waals surface area contributed by atoms with Gasteiger partial charge in [0, 0.05) is 5.69 Å². The highest BCUT2D eigenvalue weighted by atomic mass is 35.5. The number of aromatic nitrogens is 2. The Hall–Kier alpha value is -2.48. The van der Waals surface area contributed by atoms with E-state index in [4.69, 9.17) is 11.6 Å². The van der Waals surface area contributed by atoms with Gasteiger partial charge in [0.05, 0.1) is 34.3 Å². The van der Waals surface area contributed by atoms with Crippen LogP contribution in [0, 0.1) is 28.8 Å². The minimum atomic E-state index is -0.589. The number of aryl methyl sites for hydroxylation is 1. The Morgan fingerprint density at radius 2 is 2.22 bits per heavy atom. The van der Waals surface area contributed by atoms with Crippen LogP contribution in [-0.4, -0.2) is 20.6 Å². The van der Waals surface area contributed by atoms with Crippen molar-refractivity contribution in [1.29, 1.82) is 0 Å². The maximum Gasteiger partial charge on any atom is 0.390 e. The summed E-state index contributed by atoms with van der Waals surface area (Å²) in [5, 5.41) is 17.1. The van der Waals surface area contributed by atoms with Crippen molar-refractivity contribution in [3.05, 3.63) is 50.9 Å². The van der Waals surface area contributed by atoms with Crippen LogP contribution in [0.3, 0.4) is 0 Å². The third-order valence-electron chi connectivity index (χ3n) is 3.24. The molecule has 7 nitrogen and oxygen atoms in total. The molecule has 2 aromatic rings. The fraction of sp³-hybridized carbons (Fsp3) is 0.286. The Morgan fingerprint density at radius 1 is 1.52 bits per heavy atom. The van der Waals surface area contributed by atoms with E-state index in [1.807, 2.05) is 0 Å². The summed E-state index contributed by atoms with van der Waals surface area (Å²) in [4.78, 5) is 22.2. The third kappa shape index (κ3) is 4.04. The highest BCUT2D eigenvalue weighted by Crippen LogP contribution is 2.20. The molecule has 0 aliphatic carbocycles. The van der Waals surface area contributed by atoms with Crippen LogP contribution in [0.4, 0.5) is 15.9 Å². The molecule has 1 atom stereocenters. The molecule has 1 amide bonds. The van der Waals surface area contributed by atoms with Crippen molar-refractivity contribution < 1.29 is 14.1 Å². The first-order valence-corrected chi connectivity index (χ1v) is 7.10. The van der Waals surface area contributed by atoms with Crippen molar-refractivity contribution in [2.75, 3.05) is 5.32 Å². The van der Waals surface area contributed by atoms with Gasteiger partial charge in [-0.25, -0.2) is 4.39 Å². The van der Waals surface area contributed by atoms with Gasteiger partial charge in [-0.05, 0) is 30.0 Å². The molecule has 0 aliphatic heterocycles. The number of amides is 1. The molecule has 9 heteroatoms. The van der Waals surface area contributed by atoms with E-state index in [9.17, 15) is 19.3 Å². The standard InChI is InChI=1S/C14H14ClFN4O3/c1-8(7-19-9(2)5-13(18-19)20(22)23)14(21)17-10-3-4-12(16)11(15)6-10/h3-6,8H,7H2,1-2H3,(H,17,21)/t8-/m0/s1. The second-order valence-electron chi connectivity index (χ2n) is 5.10. The molecule has 0 radical (unpaired) electrons. The van der Waals surface area contributed by atoms with E-state index >= 15 is 0 Å². The number of carbonyl (C=O) groups is 1. The summed E-state index contributed by atoms with van der Waals surface area (Å²) in [5.41, 5.74) is 0.956. The van der Waals surface area contributed by atoms with Gasteiger partial charge in [-0.3, -0.25) is 4.79 Å². The Balaban J connectivity index is 2.05. The van der Waals surface area contributed by atoms with E-state index < -0.39 is 16.7 Å². The molecule has 0 saturated heterocycles. The molecule has 1 aromatic carbocycles. The molecule has 0 spiro atoms. The summed E-state index contributed by atoms with van der Waals surface area (Å²) in [5.74, 6) is -1.67. The molecule has 2 rings (SSSR count). The maximum atomic E-state index is 13.1. The van der Waals surface area contributed by atoms with Crippen molar-refractivity contribution in [3.63, 3.8) is 0 Å². The summed E-state index contributed by atoms with van der Waals surface area (Å²) in [6.45, 7) is 3.51. The monoisotopic (exact) mass is 340 g/mol. The van der Waals surface area contributed by atoms with Crippen LogP contribution in [0.5, 0.6) is 0 Å². The average molecular weight is 341 g/mol. The predicted octanol–water partition coefficient (Wildman–Crippen LogP) is 3.17. The molecule has 1 N–H and O–H groups in total. The largest absolute Gasteiger partial charge is 0.390 e. The Kier molecular flexibility index (Phi) is 4.95. The van der Waals surface area contributed by atoms with Crippen molar-refractivity contribution >= 4 is 29.0 Å². The van der Waals surface area contributed by atoms with E-state index in [0.717, 1.165) is 6.07 Å². The lowest BCUT2D eigenvalue weighted by molar-refractivity contribution is -0.389. The molecule has 0 saturated carbocycles. The van der Waals surface area contributed by atoms with Crippen LogP contribution in [0.1, 0.15) is 12.6 Å². The molecule has 0 unspecified atom stereocenters. The minimum Gasteiger partial charge on any atom is -0.358 e. The SMILES string of the molecule is Cc1cc([N+](=O)[O-])nn1C[C@H](C)C(=O)Nc1ccc(F)c(Cl)c1. The number of nitrogens with one attached hydrogen (secondary N) is 1. The van der Waals surface area contributed by atoms with Gasteiger partial charge in [-0.15, -0.1) is 0 Å². The molecule has 23 heavy (non-hydrogen) atoms. The van der Waals surface area contributed by atoms with Crippen LogP contribution in [0.15, 0.2) is 24.3 Å². The van der Waals surface area contributed by atoms with E-state index in [1.54, 1.807) is 13.8 Å². The van der Waals surface area contributed by atoms with E-state index in [0.29, 0.717) is 11.4 Å². The van der Waals surface area contributed by atoms with Crippen molar-refractivity contribution in [3.8, 4) is 0 Å². The normalized spacial score (nSPS) is 12.0. The number of nitrogens with zero attached hydrogens (tertiary/aromatic N) is 3. The van der Waals surface area contributed by atoms with Gasteiger partial charge in [0.15, 0.2) is 0 Å². The van der Waals surface area contributed by atoms with Crippen molar-refractivity contribution in [2.24, 2.45) is 5.92 Å². The topological polar surface area (TPSA) is 90.1 Å². The van der Waals surface area contributed by atoms with Crippen LogP contribution in [0.25, 0.3) is 0 Å². The Morgan fingerprint density at radius 3 is 2.78 bits per heavy atom. The van der Waals surface area contributed by atoms with E-state index in [2.05, 4.69) is 10.4 Å². The molecule has 122 valence electrons. The van der Waals surface area contributed by atoms with Crippen LogP contribution in [0.2, 0.25) is 5.02 Å². The van der Waals surface area contributed by atoms with Crippen LogP contribution >= 0.6 is 11.6 Å². The highest BCUT2D eigenvalue weighted by molar-refractivity contribution is 6.31. The summed E-state index contributed by atoms with van der Waals surface area (Å²) in [6.07, 6.45) is 0. The summed E-state index contributed by atoms with van der Waals surface area (Å²) < 4.78 is 14.5. The molecule has 1 aromatic heterocycles. The van der Waals surface area contributed by atoms with Gasteiger partial charge in [-0.2, -0.15) is 4.68 Å². The number of hydrogen-bond acceptors (Lipinski definition) is 4. The summed E-state index contributed by atoms with van der Waals surface area (Å²) in [7, 11) is 0. The highest BCUT2D eigenvalue weighted by Gasteiger charge is 2.21. The second kappa shape index (κ2) is 6.74. The Labute approximate surface area is 136 Å². The zero-order chi connectivity index (χ0) is 17.1. The van der Waals surface area contributed by atoms with Crippen molar-refractivity contribution in [2.45, 2.75) is 20.4 Å². The fourth-order valence-corrected chi connectivity index (χ4v) is 2.13. The molecular weight excluding hydrogens is 327 g/mol. The number of rotatable bonds is 5. The first-order valence-electron chi connectivity index (χ1n) is 6.72. The zero-order valence-corrected chi connectivity index (χ0v) is 13.2. The Bertz CT molecular complexity index is 762. The molecular formula is C14H14ClFN4O3.